The van der Waals surface area contributed by atoms with Crippen LogP contribution >= 0.6 is 0 Å². The first kappa shape index (κ1) is 22.5. The first-order chi connectivity index (χ1) is 17.9. The maximum atomic E-state index is 12.7. The number of fused-ring (bicyclic) bond motifs is 2. The van der Waals surface area contributed by atoms with Crippen molar-refractivity contribution in [2.75, 3.05) is 5.32 Å². The molecule has 6 rings (SSSR count). The SMILES string of the molecule is CC(OC(=O)Nc1c(C#Cc2cc3cc(C4(C(=O)O)CC4)oc3o2)oc2cnccc12)c1ccccc1. The molecule has 1 fully saturated rings. The van der Waals surface area contributed by atoms with Crippen molar-refractivity contribution in [2.24, 2.45) is 0 Å². The highest BCUT2D eigenvalue weighted by molar-refractivity contribution is 6.00. The molecule has 4 aromatic heterocycles. The van der Waals surface area contributed by atoms with Gasteiger partial charge in [0, 0.05) is 17.6 Å². The number of hydrogen-bond donors (Lipinski definition) is 2. The van der Waals surface area contributed by atoms with E-state index in [0.29, 0.717) is 46.4 Å². The van der Waals surface area contributed by atoms with Crippen LogP contribution in [0.3, 0.4) is 0 Å². The molecular formula is C28H20N2O7. The van der Waals surface area contributed by atoms with Gasteiger partial charge in [0.2, 0.25) is 5.76 Å². The van der Waals surface area contributed by atoms with Crippen LogP contribution in [0.4, 0.5) is 10.5 Å². The highest BCUT2D eigenvalue weighted by Gasteiger charge is 2.54. The van der Waals surface area contributed by atoms with Gasteiger partial charge in [-0.15, -0.1) is 0 Å². The number of nitrogens with one attached hydrogen (secondary N) is 1. The van der Waals surface area contributed by atoms with Crippen LogP contribution in [-0.4, -0.2) is 22.2 Å². The van der Waals surface area contributed by atoms with Crippen molar-refractivity contribution < 1.29 is 32.7 Å². The molecule has 4 heterocycles. The number of amides is 1. The van der Waals surface area contributed by atoms with Crippen molar-refractivity contribution in [1.82, 2.24) is 4.98 Å². The number of pyridine rings is 1. The summed E-state index contributed by atoms with van der Waals surface area (Å²) in [6, 6.07) is 14.4. The van der Waals surface area contributed by atoms with E-state index in [1.54, 1.807) is 31.3 Å². The van der Waals surface area contributed by atoms with E-state index in [1.165, 1.54) is 6.20 Å². The second-order valence-corrected chi connectivity index (χ2v) is 8.86. The fourth-order valence-electron chi connectivity index (χ4n) is 4.19. The van der Waals surface area contributed by atoms with Crippen LogP contribution in [0.2, 0.25) is 0 Å². The Labute approximate surface area is 210 Å². The molecule has 37 heavy (non-hydrogen) atoms. The molecule has 184 valence electrons. The zero-order chi connectivity index (χ0) is 25.6. The Balaban J connectivity index is 1.26. The Morgan fingerprint density at radius 1 is 1.11 bits per heavy atom. The zero-order valence-electron chi connectivity index (χ0n) is 19.6. The summed E-state index contributed by atoms with van der Waals surface area (Å²) < 4.78 is 22.7. The lowest BCUT2D eigenvalue weighted by Crippen LogP contribution is -2.18. The van der Waals surface area contributed by atoms with Crippen molar-refractivity contribution in [3.8, 4) is 11.8 Å². The predicted molar refractivity (Wildman–Crippen MR) is 132 cm³/mol. The van der Waals surface area contributed by atoms with E-state index in [2.05, 4.69) is 22.1 Å². The van der Waals surface area contributed by atoms with Gasteiger partial charge in [0.05, 0.1) is 11.6 Å². The van der Waals surface area contributed by atoms with Gasteiger partial charge in [0.1, 0.15) is 23.0 Å². The van der Waals surface area contributed by atoms with Gasteiger partial charge < -0.3 is 23.1 Å². The fraction of sp³-hybridized carbons (Fsp3) is 0.179. The molecule has 0 aliphatic heterocycles. The lowest BCUT2D eigenvalue weighted by molar-refractivity contribution is -0.140. The molecule has 1 aliphatic rings. The number of carbonyl (C=O) groups excluding carboxylic acids is 1. The average Bonchev–Trinajstić information content (AvgIpc) is 3.33. The van der Waals surface area contributed by atoms with Crippen molar-refractivity contribution in [3.05, 3.63) is 83.8 Å². The van der Waals surface area contributed by atoms with E-state index < -0.39 is 23.6 Å². The van der Waals surface area contributed by atoms with Crippen molar-refractivity contribution in [1.29, 1.82) is 0 Å². The first-order valence-corrected chi connectivity index (χ1v) is 11.6. The molecule has 1 unspecified atom stereocenters. The summed E-state index contributed by atoms with van der Waals surface area (Å²) in [4.78, 5) is 28.3. The summed E-state index contributed by atoms with van der Waals surface area (Å²) in [5, 5.41) is 13.5. The molecular weight excluding hydrogens is 476 g/mol. The van der Waals surface area contributed by atoms with E-state index in [1.807, 2.05) is 30.3 Å². The molecule has 5 aromatic rings. The van der Waals surface area contributed by atoms with Gasteiger partial charge in [-0.05, 0) is 49.3 Å². The minimum atomic E-state index is -0.955. The monoisotopic (exact) mass is 496 g/mol. The van der Waals surface area contributed by atoms with Gasteiger partial charge in [-0.25, -0.2) is 4.79 Å². The number of benzene rings is 1. The van der Waals surface area contributed by atoms with Crippen LogP contribution in [0.5, 0.6) is 0 Å². The molecule has 1 amide bonds. The smallest absolute Gasteiger partial charge is 0.412 e. The standard InChI is InChI=1S/C28H20N2O7/c1-16(17-5-3-2-4-6-17)34-27(33)30-24-20-9-12-29-15-22(20)36-21(24)8-7-19-13-18-14-23(37-25(18)35-19)28(10-11-28)26(31)32/h2-6,9,12-16H,10-11H2,1H3,(H,30,33)(H,31,32). The molecule has 9 heteroatoms. The Hall–Kier alpha value is -4.97. The van der Waals surface area contributed by atoms with E-state index >= 15 is 0 Å². The summed E-state index contributed by atoms with van der Waals surface area (Å²) in [6.45, 7) is 1.78. The van der Waals surface area contributed by atoms with Crippen LogP contribution in [-0.2, 0) is 14.9 Å². The molecule has 0 saturated heterocycles. The van der Waals surface area contributed by atoms with Gasteiger partial charge in [-0.1, -0.05) is 30.3 Å². The van der Waals surface area contributed by atoms with E-state index in [-0.39, 0.29) is 11.5 Å². The number of rotatable bonds is 5. The molecule has 9 nitrogen and oxygen atoms in total. The third-order valence-electron chi connectivity index (χ3n) is 6.42. The maximum Gasteiger partial charge on any atom is 0.412 e. The molecule has 1 atom stereocenters. The number of anilines is 1. The summed E-state index contributed by atoms with van der Waals surface area (Å²) in [7, 11) is 0. The maximum absolute atomic E-state index is 12.7. The molecule has 1 saturated carbocycles. The second-order valence-electron chi connectivity index (χ2n) is 8.86. The summed E-state index contributed by atoms with van der Waals surface area (Å²) in [5.41, 5.74) is 0.701. The molecule has 2 N–H and O–H groups in total. The summed E-state index contributed by atoms with van der Waals surface area (Å²) in [5.74, 6) is 5.95. The Kier molecular flexibility index (Phi) is 5.23. The first-order valence-electron chi connectivity index (χ1n) is 11.6. The lowest BCUT2D eigenvalue weighted by Gasteiger charge is -2.14. The minimum Gasteiger partial charge on any atom is -0.480 e. The van der Waals surface area contributed by atoms with Crippen LogP contribution in [0, 0.1) is 11.8 Å². The zero-order valence-corrected chi connectivity index (χ0v) is 19.6. The van der Waals surface area contributed by atoms with Gasteiger partial charge in [0.25, 0.3) is 5.78 Å². The topological polar surface area (TPSA) is 128 Å². The lowest BCUT2D eigenvalue weighted by atomic mass is 10.0. The number of nitrogens with zero attached hydrogens (tertiary/aromatic N) is 1. The Bertz CT molecular complexity index is 1680. The average molecular weight is 496 g/mol. The summed E-state index contributed by atoms with van der Waals surface area (Å²) >= 11 is 0. The van der Waals surface area contributed by atoms with Crippen LogP contribution in [0.25, 0.3) is 22.1 Å². The molecule has 1 aromatic carbocycles. The number of aromatic nitrogens is 1. The Morgan fingerprint density at radius 3 is 2.65 bits per heavy atom. The number of hydrogen-bond acceptors (Lipinski definition) is 7. The van der Waals surface area contributed by atoms with Crippen molar-refractivity contribution in [3.63, 3.8) is 0 Å². The number of carboxylic acid groups (broad SMARTS) is 1. The number of carboxylic acids is 1. The Morgan fingerprint density at radius 2 is 1.92 bits per heavy atom. The van der Waals surface area contributed by atoms with Gasteiger partial charge in [-0.3, -0.25) is 15.1 Å². The molecule has 0 radical (unpaired) electrons. The fourth-order valence-corrected chi connectivity index (χ4v) is 4.19. The van der Waals surface area contributed by atoms with Crippen molar-refractivity contribution >= 4 is 39.9 Å². The third kappa shape index (κ3) is 4.08. The van der Waals surface area contributed by atoms with E-state index in [4.69, 9.17) is 18.0 Å². The molecule has 0 bridgehead atoms. The number of furan rings is 3. The second kappa shape index (κ2) is 8.60. The van der Waals surface area contributed by atoms with Gasteiger partial charge >= 0.3 is 12.1 Å². The van der Waals surface area contributed by atoms with E-state index in [9.17, 15) is 14.7 Å². The third-order valence-corrected chi connectivity index (χ3v) is 6.42. The largest absolute Gasteiger partial charge is 0.480 e. The predicted octanol–water partition coefficient (Wildman–Crippen LogP) is 5.99. The number of ether oxygens (including phenoxy) is 1. The van der Waals surface area contributed by atoms with Crippen LogP contribution in [0.15, 0.2) is 74.2 Å². The van der Waals surface area contributed by atoms with Crippen LogP contribution in [0.1, 0.15) is 48.7 Å². The van der Waals surface area contributed by atoms with Gasteiger partial charge in [-0.2, -0.15) is 0 Å². The summed E-state index contributed by atoms with van der Waals surface area (Å²) in [6.07, 6.45) is 3.06. The molecule has 0 spiro atoms. The number of carbonyl (C=O) groups is 2. The minimum absolute atomic E-state index is 0.198. The number of aliphatic carboxylic acids is 1. The molecule has 1 aliphatic carbocycles. The highest BCUT2D eigenvalue weighted by atomic mass is 16.6. The van der Waals surface area contributed by atoms with Crippen LogP contribution < -0.4 is 5.32 Å². The normalized spacial score (nSPS) is 14.6. The van der Waals surface area contributed by atoms with Gasteiger partial charge in [0.15, 0.2) is 11.3 Å². The highest BCUT2D eigenvalue weighted by Crippen LogP contribution is 2.50. The van der Waals surface area contributed by atoms with Crippen molar-refractivity contribution in [2.45, 2.75) is 31.3 Å². The van der Waals surface area contributed by atoms with E-state index in [0.717, 1.165) is 5.56 Å². The quantitative estimate of drug-likeness (QED) is 0.284.